The Hall–Kier alpha value is -0.290. The van der Waals surface area contributed by atoms with Crippen LogP contribution in [0, 0.1) is 5.92 Å². The average molecular weight is 282 g/mol. The lowest BCUT2D eigenvalue weighted by Crippen LogP contribution is -2.44. The number of carbonyl (C=O) groups excluding carboxylic acids is 1. The van der Waals surface area contributed by atoms with Crippen molar-refractivity contribution in [2.24, 2.45) is 5.92 Å². The molecule has 4 nitrogen and oxygen atoms in total. The predicted molar refractivity (Wildman–Crippen MR) is 68.9 cm³/mol. The van der Waals surface area contributed by atoms with Crippen LogP contribution in [0.5, 0.6) is 0 Å². The third-order valence-electron chi connectivity index (χ3n) is 3.07. The third kappa shape index (κ3) is 4.14. The number of alkyl halides is 1. The van der Waals surface area contributed by atoms with Crippen molar-refractivity contribution in [1.82, 2.24) is 5.32 Å². The summed E-state index contributed by atoms with van der Waals surface area (Å²) in [6.07, 6.45) is 1.89. The molecule has 0 spiro atoms. The number of sulfone groups is 1. The van der Waals surface area contributed by atoms with Crippen molar-refractivity contribution in [3.63, 3.8) is 0 Å². The van der Waals surface area contributed by atoms with Gasteiger partial charge in [-0.2, -0.15) is 0 Å². The average Bonchev–Trinajstić information content (AvgIpc) is 2.24. The number of halogens is 1. The van der Waals surface area contributed by atoms with Crippen LogP contribution in [0.15, 0.2) is 0 Å². The minimum absolute atomic E-state index is 0.125. The monoisotopic (exact) mass is 281 g/mol. The molecule has 0 aromatic heterocycles. The molecule has 100 valence electrons. The number of carbonyl (C=O) groups is 1. The van der Waals surface area contributed by atoms with Crippen LogP contribution >= 0.6 is 11.6 Å². The predicted octanol–water partition coefficient (Wildman–Crippen LogP) is 1.33. The third-order valence-corrected chi connectivity index (χ3v) is 5.90. The molecular weight excluding hydrogens is 262 g/mol. The molecule has 0 bridgehead atoms. The summed E-state index contributed by atoms with van der Waals surface area (Å²) in [6.45, 7) is 4.24. The maximum absolute atomic E-state index is 11.8. The molecule has 1 aliphatic heterocycles. The molecule has 2 unspecified atom stereocenters. The van der Waals surface area contributed by atoms with Gasteiger partial charge in [0.1, 0.15) is 5.25 Å². The molecule has 6 heteroatoms. The molecule has 1 fully saturated rings. The lowest BCUT2D eigenvalue weighted by Gasteiger charge is -2.22. The maximum atomic E-state index is 11.8. The van der Waals surface area contributed by atoms with Crippen LogP contribution in [0.1, 0.15) is 33.1 Å². The largest absolute Gasteiger partial charge is 0.353 e. The first-order valence-corrected chi connectivity index (χ1v) is 8.13. The van der Waals surface area contributed by atoms with Gasteiger partial charge in [0, 0.05) is 6.54 Å². The van der Waals surface area contributed by atoms with Gasteiger partial charge in [-0.3, -0.25) is 4.79 Å². The van der Waals surface area contributed by atoms with E-state index in [-0.39, 0.29) is 17.0 Å². The molecule has 0 aromatic carbocycles. The number of rotatable bonds is 4. The zero-order chi connectivity index (χ0) is 13.1. The van der Waals surface area contributed by atoms with Gasteiger partial charge >= 0.3 is 0 Å². The van der Waals surface area contributed by atoms with Crippen molar-refractivity contribution >= 4 is 27.3 Å². The molecule has 17 heavy (non-hydrogen) atoms. The second-order valence-corrected chi connectivity index (χ2v) is 7.72. The minimum Gasteiger partial charge on any atom is -0.353 e. The zero-order valence-electron chi connectivity index (χ0n) is 10.3. The summed E-state index contributed by atoms with van der Waals surface area (Å²) in [5.41, 5.74) is 0. The van der Waals surface area contributed by atoms with Gasteiger partial charge in [0.05, 0.1) is 11.1 Å². The Labute approximate surface area is 108 Å². The van der Waals surface area contributed by atoms with Gasteiger partial charge in [0.25, 0.3) is 0 Å². The van der Waals surface area contributed by atoms with Crippen LogP contribution in [0.4, 0.5) is 0 Å². The summed E-state index contributed by atoms with van der Waals surface area (Å²) >= 11 is 6.01. The van der Waals surface area contributed by atoms with Crippen LogP contribution in [0.3, 0.4) is 0 Å². The molecule has 0 aromatic rings. The van der Waals surface area contributed by atoms with Crippen LogP contribution in [-0.2, 0) is 14.6 Å². The first-order valence-electron chi connectivity index (χ1n) is 5.98. The Bertz CT molecular complexity index is 367. The topological polar surface area (TPSA) is 63.2 Å². The highest BCUT2D eigenvalue weighted by Gasteiger charge is 2.34. The highest BCUT2D eigenvalue weighted by molar-refractivity contribution is 7.92. The molecule has 1 amide bonds. The van der Waals surface area contributed by atoms with E-state index in [9.17, 15) is 13.2 Å². The van der Waals surface area contributed by atoms with E-state index in [1.807, 2.05) is 13.8 Å². The zero-order valence-corrected chi connectivity index (χ0v) is 11.9. The molecule has 0 saturated carbocycles. The molecule has 1 saturated heterocycles. The van der Waals surface area contributed by atoms with Crippen molar-refractivity contribution in [1.29, 1.82) is 0 Å². The van der Waals surface area contributed by atoms with E-state index in [1.165, 1.54) is 0 Å². The Morgan fingerprint density at radius 1 is 1.41 bits per heavy atom. The van der Waals surface area contributed by atoms with E-state index in [4.69, 9.17) is 11.6 Å². The summed E-state index contributed by atoms with van der Waals surface area (Å²) in [4.78, 5) is 11.8. The fourth-order valence-corrected chi connectivity index (χ4v) is 3.70. The van der Waals surface area contributed by atoms with Crippen LogP contribution < -0.4 is 5.32 Å². The van der Waals surface area contributed by atoms with Crippen LogP contribution in [0.25, 0.3) is 0 Å². The molecule has 1 aliphatic rings. The van der Waals surface area contributed by atoms with E-state index < -0.39 is 21.0 Å². The summed E-state index contributed by atoms with van der Waals surface area (Å²) in [5, 5.41) is 1.61. The summed E-state index contributed by atoms with van der Waals surface area (Å²) in [5.74, 6) is -0.0181. The SMILES string of the molecule is CC(C)C(Cl)CNC(=O)C1CCCCS1(=O)=O. The Morgan fingerprint density at radius 3 is 2.59 bits per heavy atom. The Balaban J connectivity index is 2.52. The van der Waals surface area contributed by atoms with Crippen LogP contribution in [-0.4, -0.2) is 37.2 Å². The summed E-state index contributed by atoms with van der Waals surface area (Å²) in [6, 6.07) is 0. The van der Waals surface area contributed by atoms with E-state index >= 15 is 0 Å². The standard InChI is InChI=1S/C11H20ClNO3S/c1-8(2)9(12)7-13-11(14)10-5-3-4-6-17(10,15)16/h8-10H,3-7H2,1-2H3,(H,13,14). The van der Waals surface area contributed by atoms with Crippen molar-refractivity contribution in [3.05, 3.63) is 0 Å². The van der Waals surface area contributed by atoms with Gasteiger partial charge in [-0.05, 0) is 18.8 Å². The normalized spacial score (nSPS) is 25.5. The first kappa shape index (κ1) is 14.8. The first-order chi connectivity index (χ1) is 7.84. The smallest absolute Gasteiger partial charge is 0.238 e. The number of nitrogens with one attached hydrogen (secondary N) is 1. The van der Waals surface area contributed by atoms with Crippen molar-refractivity contribution in [2.45, 2.75) is 43.7 Å². The van der Waals surface area contributed by atoms with E-state index in [0.717, 1.165) is 6.42 Å². The Morgan fingerprint density at radius 2 is 2.06 bits per heavy atom. The van der Waals surface area contributed by atoms with Crippen molar-refractivity contribution < 1.29 is 13.2 Å². The molecule has 0 aliphatic carbocycles. The highest BCUT2D eigenvalue weighted by atomic mass is 35.5. The van der Waals surface area contributed by atoms with E-state index in [2.05, 4.69) is 5.32 Å². The van der Waals surface area contributed by atoms with Gasteiger partial charge in [-0.25, -0.2) is 8.42 Å². The number of hydrogen-bond acceptors (Lipinski definition) is 3. The quantitative estimate of drug-likeness (QED) is 0.791. The number of hydrogen-bond donors (Lipinski definition) is 1. The van der Waals surface area contributed by atoms with Crippen molar-refractivity contribution in [3.8, 4) is 0 Å². The molecule has 1 heterocycles. The fourth-order valence-electron chi connectivity index (χ4n) is 1.80. The second kappa shape index (κ2) is 6.05. The number of amides is 1. The molecule has 2 atom stereocenters. The van der Waals surface area contributed by atoms with E-state index in [0.29, 0.717) is 19.4 Å². The molecule has 1 rings (SSSR count). The maximum Gasteiger partial charge on any atom is 0.238 e. The van der Waals surface area contributed by atoms with Gasteiger partial charge in [0.2, 0.25) is 5.91 Å². The van der Waals surface area contributed by atoms with Gasteiger partial charge in [-0.15, -0.1) is 11.6 Å². The lowest BCUT2D eigenvalue weighted by molar-refractivity contribution is -0.120. The molecule has 1 N–H and O–H groups in total. The summed E-state index contributed by atoms with van der Waals surface area (Å²) < 4.78 is 23.4. The second-order valence-electron chi connectivity index (χ2n) is 4.86. The fraction of sp³-hybridized carbons (Fsp3) is 0.909. The van der Waals surface area contributed by atoms with Gasteiger partial charge < -0.3 is 5.32 Å². The molecule has 0 radical (unpaired) electrons. The van der Waals surface area contributed by atoms with E-state index in [1.54, 1.807) is 0 Å². The van der Waals surface area contributed by atoms with Gasteiger partial charge in [-0.1, -0.05) is 20.3 Å². The Kier molecular flexibility index (Phi) is 5.25. The highest BCUT2D eigenvalue weighted by Crippen LogP contribution is 2.19. The lowest BCUT2D eigenvalue weighted by atomic mass is 10.1. The van der Waals surface area contributed by atoms with Crippen LogP contribution in [0.2, 0.25) is 0 Å². The van der Waals surface area contributed by atoms with Gasteiger partial charge in [0.15, 0.2) is 9.84 Å². The minimum atomic E-state index is -3.25. The van der Waals surface area contributed by atoms with Crippen molar-refractivity contribution in [2.75, 3.05) is 12.3 Å². The summed E-state index contributed by atoms with van der Waals surface area (Å²) in [7, 11) is -3.25. The molecular formula is C11H20ClNO3S.